The molecule has 2 aliphatic heterocycles. The van der Waals surface area contributed by atoms with Gasteiger partial charge in [0.25, 0.3) is 0 Å². The lowest BCUT2D eigenvalue weighted by Gasteiger charge is -2.16. The fourth-order valence-corrected chi connectivity index (χ4v) is 4.27. The van der Waals surface area contributed by atoms with Crippen molar-refractivity contribution in [2.24, 2.45) is 5.73 Å². The lowest BCUT2D eigenvalue weighted by Crippen LogP contribution is -2.36. The molecule has 126 valence electrons. The predicted octanol–water partition coefficient (Wildman–Crippen LogP) is 0.231. The molecule has 2 saturated heterocycles. The Bertz CT molecular complexity index is 383. The van der Waals surface area contributed by atoms with Gasteiger partial charge in [-0.25, -0.2) is 4.79 Å². The van der Waals surface area contributed by atoms with Gasteiger partial charge in [-0.2, -0.15) is 11.8 Å². The Balaban J connectivity index is 1.49. The van der Waals surface area contributed by atoms with Gasteiger partial charge in [-0.1, -0.05) is 6.42 Å². The molecule has 0 bridgehead atoms. The highest BCUT2D eigenvalue weighted by molar-refractivity contribution is 8.00. The number of unbranched alkanes of at least 4 members (excludes halogenated alkanes) is 1. The summed E-state index contributed by atoms with van der Waals surface area (Å²) in [7, 11) is 0. The number of fused-ring (bicyclic) bond motifs is 1. The topological polar surface area (TPSA) is 103 Å². The van der Waals surface area contributed by atoms with Gasteiger partial charge in [-0.15, -0.1) is 0 Å². The first-order valence-corrected chi connectivity index (χ1v) is 8.87. The van der Waals surface area contributed by atoms with Crippen molar-refractivity contribution in [1.29, 1.82) is 0 Å². The van der Waals surface area contributed by atoms with Gasteiger partial charge in [0.05, 0.1) is 25.3 Å². The second kappa shape index (κ2) is 9.22. The third-order valence-corrected chi connectivity index (χ3v) is 5.32. The van der Waals surface area contributed by atoms with Crippen molar-refractivity contribution >= 4 is 23.8 Å². The van der Waals surface area contributed by atoms with Crippen molar-refractivity contribution in [3.05, 3.63) is 0 Å². The van der Waals surface area contributed by atoms with Crippen LogP contribution in [0.4, 0.5) is 4.79 Å². The largest absolute Gasteiger partial charge is 0.463 e. The fourth-order valence-electron chi connectivity index (χ4n) is 2.73. The van der Waals surface area contributed by atoms with Crippen LogP contribution >= 0.6 is 11.8 Å². The average Bonchev–Trinajstić information content (AvgIpc) is 3.03. The molecule has 2 rings (SSSR count). The lowest BCUT2D eigenvalue weighted by molar-refractivity contribution is -0.145. The summed E-state index contributed by atoms with van der Waals surface area (Å²) in [5.74, 6) is 0.794. The van der Waals surface area contributed by atoms with Crippen LogP contribution < -0.4 is 16.4 Å². The molecule has 7 nitrogen and oxygen atoms in total. The summed E-state index contributed by atoms with van der Waals surface area (Å²) in [6.45, 7) is 1.66. The van der Waals surface area contributed by atoms with E-state index in [0.29, 0.717) is 38.0 Å². The van der Waals surface area contributed by atoms with E-state index in [1.54, 1.807) is 0 Å². The number of esters is 1. The first-order chi connectivity index (χ1) is 10.7. The van der Waals surface area contributed by atoms with Crippen molar-refractivity contribution in [1.82, 2.24) is 10.6 Å². The molecule has 0 aromatic heterocycles. The van der Waals surface area contributed by atoms with Gasteiger partial charge in [0.15, 0.2) is 0 Å². The van der Waals surface area contributed by atoms with Crippen LogP contribution in [-0.4, -0.2) is 61.5 Å². The molecule has 0 spiro atoms. The van der Waals surface area contributed by atoms with Gasteiger partial charge in [-0.3, -0.25) is 4.79 Å². The number of ether oxygens (including phenoxy) is 2. The van der Waals surface area contributed by atoms with Gasteiger partial charge in [0.2, 0.25) is 0 Å². The van der Waals surface area contributed by atoms with Crippen molar-refractivity contribution in [3.63, 3.8) is 0 Å². The second-order valence-electron chi connectivity index (χ2n) is 5.49. The van der Waals surface area contributed by atoms with Crippen LogP contribution in [0.5, 0.6) is 0 Å². The Labute approximate surface area is 135 Å². The zero-order valence-electron chi connectivity index (χ0n) is 12.7. The number of hydrogen-bond donors (Lipinski definition) is 3. The highest BCUT2D eigenvalue weighted by Crippen LogP contribution is 2.33. The summed E-state index contributed by atoms with van der Waals surface area (Å²) in [5.41, 5.74) is 5.28. The van der Waals surface area contributed by atoms with E-state index in [1.807, 2.05) is 11.8 Å². The molecular weight excluding hydrogens is 306 g/mol. The van der Waals surface area contributed by atoms with E-state index >= 15 is 0 Å². The van der Waals surface area contributed by atoms with Crippen LogP contribution in [0.2, 0.25) is 0 Å². The van der Waals surface area contributed by atoms with E-state index in [4.69, 9.17) is 15.2 Å². The predicted molar refractivity (Wildman–Crippen MR) is 84.8 cm³/mol. The van der Waals surface area contributed by atoms with Gasteiger partial charge in [-0.05, 0) is 12.8 Å². The maximum absolute atomic E-state index is 11.5. The molecule has 3 atom stereocenters. The number of thioether (sulfide) groups is 1. The zero-order valence-corrected chi connectivity index (χ0v) is 13.5. The number of nitrogens with one attached hydrogen (secondary N) is 2. The molecule has 0 unspecified atom stereocenters. The summed E-state index contributed by atoms with van der Waals surface area (Å²) < 4.78 is 10.2. The van der Waals surface area contributed by atoms with E-state index < -0.39 is 0 Å². The molecule has 0 aromatic carbocycles. The van der Waals surface area contributed by atoms with Crippen molar-refractivity contribution in [3.8, 4) is 0 Å². The quantitative estimate of drug-likeness (QED) is 0.301. The minimum Gasteiger partial charge on any atom is -0.463 e. The van der Waals surface area contributed by atoms with Crippen LogP contribution in [0.3, 0.4) is 0 Å². The number of hydrogen-bond acceptors (Lipinski definition) is 6. The van der Waals surface area contributed by atoms with Crippen LogP contribution in [0.15, 0.2) is 0 Å². The van der Waals surface area contributed by atoms with Gasteiger partial charge in [0, 0.05) is 24.0 Å². The summed E-state index contributed by atoms with van der Waals surface area (Å²) >= 11 is 1.90. The normalized spacial score (nSPS) is 26.4. The Kier molecular flexibility index (Phi) is 7.28. The van der Waals surface area contributed by atoms with E-state index in [0.717, 1.165) is 25.0 Å². The molecule has 4 N–H and O–H groups in total. The highest BCUT2D eigenvalue weighted by Gasteiger charge is 2.42. The molecular formula is C14H25N3O4S. The molecule has 22 heavy (non-hydrogen) atoms. The van der Waals surface area contributed by atoms with E-state index in [1.165, 1.54) is 0 Å². The van der Waals surface area contributed by atoms with E-state index in [9.17, 15) is 9.59 Å². The molecule has 2 heterocycles. The summed E-state index contributed by atoms with van der Waals surface area (Å²) in [5, 5.41) is 6.35. The lowest BCUT2D eigenvalue weighted by atomic mass is 10.0. The molecule has 0 aliphatic carbocycles. The maximum atomic E-state index is 11.5. The Morgan fingerprint density at radius 1 is 1.27 bits per heavy atom. The third-order valence-electron chi connectivity index (χ3n) is 3.81. The van der Waals surface area contributed by atoms with Crippen molar-refractivity contribution in [2.75, 3.05) is 32.1 Å². The monoisotopic (exact) mass is 331 g/mol. The third kappa shape index (κ3) is 5.33. The van der Waals surface area contributed by atoms with Crippen molar-refractivity contribution < 1.29 is 19.1 Å². The molecule has 2 aliphatic rings. The number of urea groups is 1. The summed E-state index contributed by atoms with van der Waals surface area (Å²) in [6.07, 6.45) is 3.24. The van der Waals surface area contributed by atoms with E-state index in [-0.39, 0.29) is 24.1 Å². The Morgan fingerprint density at radius 3 is 2.95 bits per heavy atom. The minimum atomic E-state index is -0.177. The second-order valence-corrected chi connectivity index (χ2v) is 6.76. The first-order valence-electron chi connectivity index (χ1n) is 7.83. The van der Waals surface area contributed by atoms with Crippen LogP contribution in [0, 0.1) is 0 Å². The molecule has 0 radical (unpaired) electrons. The standard InChI is InChI=1S/C14H25N3O4S/c15-5-6-20-7-8-21-12(18)4-2-1-3-11-13-10(9-22-11)16-14(19)17-13/h10-11,13H,1-9,15H2,(H2,16,17,19)/t10-,11-,13-/m0/s1. The molecule has 8 heteroatoms. The molecule has 2 fully saturated rings. The average molecular weight is 331 g/mol. The Morgan fingerprint density at radius 2 is 2.14 bits per heavy atom. The smallest absolute Gasteiger partial charge is 0.315 e. The summed E-state index contributed by atoms with van der Waals surface area (Å²) in [6, 6.07) is 0.450. The number of carbonyl (C=O) groups is 2. The molecule has 2 amide bonds. The number of carbonyl (C=O) groups excluding carboxylic acids is 2. The molecule has 0 aromatic rings. The number of amides is 2. The zero-order chi connectivity index (χ0) is 15.8. The van der Waals surface area contributed by atoms with Crippen LogP contribution in [0.25, 0.3) is 0 Å². The first kappa shape index (κ1) is 17.4. The summed E-state index contributed by atoms with van der Waals surface area (Å²) in [4.78, 5) is 22.8. The number of nitrogens with two attached hydrogens (primary N) is 1. The van der Waals surface area contributed by atoms with E-state index in [2.05, 4.69) is 10.6 Å². The minimum absolute atomic E-state index is 0.0549. The fraction of sp³-hybridized carbons (Fsp3) is 0.857. The van der Waals surface area contributed by atoms with Crippen molar-refractivity contribution in [2.45, 2.75) is 43.0 Å². The van der Waals surface area contributed by atoms with Gasteiger partial charge >= 0.3 is 12.0 Å². The van der Waals surface area contributed by atoms with Crippen LogP contribution in [-0.2, 0) is 14.3 Å². The maximum Gasteiger partial charge on any atom is 0.315 e. The number of rotatable bonds is 10. The molecule has 0 saturated carbocycles. The highest BCUT2D eigenvalue weighted by atomic mass is 32.2. The Hall–Kier alpha value is -0.990. The van der Waals surface area contributed by atoms with Crippen LogP contribution in [0.1, 0.15) is 25.7 Å². The van der Waals surface area contributed by atoms with Gasteiger partial charge in [0.1, 0.15) is 6.61 Å². The SMILES string of the molecule is NCCOCCOC(=O)CCCC[C@@H]1SC[C@@H]2NC(=O)N[C@@H]21. The van der Waals surface area contributed by atoms with Gasteiger partial charge < -0.3 is 25.8 Å².